The lowest BCUT2D eigenvalue weighted by Gasteiger charge is -2.28. The zero-order valence-electron chi connectivity index (χ0n) is 19.8. The molecule has 0 radical (unpaired) electrons. The smallest absolute Gasteiger partial charge is 0.338 e. The van der Waals surface area contributed by atoms with Crippen molar-refractivity contribution in [3.63, 3.8) is 0 Å². The Hall–Kier alpha value is -3.66. The van der Waals surface area contributed by atoms with E-state index >= 15 is 0 Å². The van der Waals surface area contributed by atoms with Crippen LogP contribution in [0.3, 0.4) is 0 Å². The molecule has 1 saturated heterocycles. The molecule has 1 aliphatic heterocycles. The maximum atomic E-state index is 13.5. The van der Waals surface area contributed by atoms with E-state index in [4.69, 9.17) is 9.72 Å². The van der Waals surface area contributed by atoms with Crippen molar-refractivity contribution in [1.29, 1.82) is 0 Å². The molecule has 4 rings (SSSR count). The van der Waals surface area contributed by atoms with Gasteiger partial charge in [-0.25, -0.2) is 9.59 Å². The number of allylic oxidation sites excluding steroid dienone is 2. The molecule has 3 aromatic rings. The predicted molar refractivity (Wildman–Crippen MR) is 130 cm³/mol. The molecule has 1 N–H and O–H groups in total. The van der Waals surface area contributed by atoms with Crippen LogP contribution < -0.4 is 21.5 Å². The number of hydrogen-bond acceptors (Lipinski definition) is 7. The molecule has 2 aromatic heterocycles. The molecule has 10 heteroatoms. The lowest BCUT2D eigenvalue weighted by Crippen LogP contribution is -2.44. The lowest BCUT2D eigenvalue weighted by atomic mass is 10.2. The summed E-state index contributed by atoms with van der Waals surface area (Å²) in [6, 6.07) is 8.60. The van der Waals surface area contributed by atoms with Gasteiger partial charge in [0.05, 0.1) is 12.1 Å². The molecule has 0 aliphatic carbocycles. The highest BCUT2D eigenvalue weighted by Gasteiger charge is 2.24. The molecule has 0 unspecified atom stereocenters. The van der Waals surface area contributed by atoms with Crippen molar-refractivity contribution in [2.75, 3.05) is 37.7 Å². The Labute approximate surface area is 197 Å². The highest BCUT2D eigenvalue weighted by Crippen LogP contribution is 2.20. The Bertz CT molecular complexity index is 1330. The molecule has 34 heavy (non-hydrogen) atoms. The van der Waals surface area contributed by atoms with Crippen molar-refractivity contribution in [2.45, 2.75) is 26.9 Å². The predicted octanol–water partition coefficient (Wildman–Crippen LogP) is 1.13. The van der Waals surface area contributed by atoms with E-state index in [0.717, 1.165) is 36.3 Å². The SMILES string of the molecule is CC(C)=CCn1c(N2CCNCC2)nc2c1c(=O)n(CCOC(=O)c1ccccc1)c(=O)n2C. The van der Waals surface area contributed by atoms with E-state index in [1.54, 1.807) is 31.3 Å². The third-order valence-corrected chi connectivity index (χ3v) is 5.85. The van der Waals surface area contributed by atoms with Crippen molar-refractivity contribution in [3.8, 4) is 0 Å². The molecular formula is C24H30N6O4. The Morgan fingerprint density at radius 2 is 1.82 bits per heavy atom. The quantitative estimate of drug-likeness (QED) is 0.411. The van der Waals surface area contributed by atoms with E-state index in [1.807, 2.05) is 30.6 Å². The Morgan fingerprint density at radius 1 is 1.12 bits per heavy atom. The van der Waals surface area contributed by atoms with Crippen LogP contribution in [0.25, 0.3) is 11.2 Å². The number of carbonyl (C=O) groups excluding carboxylic acids is 1. The van der Waals surface area contributed by atoms with Crippen molar-refractivity contribution in [1.82, 2.24) is 24.0 Å². The van der Waals surface area contributed by atoms with E-state index in [9.17, 15) is 14.4 Å². The summed E-state index contributed by atoms with van der Waals surface area (Å²) in [5.74, 6) is 0.176. The van der Waals surface area contributed by atoms with E-state index < -0.39 is 17.2 Å². The zero-order valence-corrected chi connectivity index (χ0v) is 19.8. The number of ether oxygens (including phenoxy) is 1. The first kappa shape index (κ1) is 23.5. The van der Waals surface area contributed by atoms with Crippen molar-refractivity contribution >= 4 is 23.1 Å². The van der Waals surface area contributed by atoms with Gasteiger partial charge in [0.1, 0.15) is 6.61 Å². The van der Waals surface area contributed by atoms with E-state index in [1.165, 1.54) is 4.57 Å². The van der Waals surface area contributed by atoms with Gasteiger partial charge in [0.15, 0.2) is 11.2 Å². The van der Waals surface area contributed by atoms with Gasteiger partial charge < -0.3 is 19.5 Å². The highest BCUT2D eigenvalue weighted by atomic mass is 16.5. The minimum Gasteiger partial charge on any atom is -0.460 e. The van der Waals surface area contributed by atoms with E-state index in [2.05, 4.69) is 10.2 Å². The van der Waals surface area contributed by atoms with Gasteiger partial charge in [-0.15, -0.1) is 0 Å². The molecular weight excluding hydrogens is 436 g/mol. The first-order chi connectivity index (χ1) is 16.4. The van der Waals surface area contributed by atoms with Crippen LogP contribution in [0.5, 0.6) is 0 Å². The van der Waals surface area contributed by atoms with Crippen LogP contribution >= 0.6 is 0 Å². The van der Waals surface area contributed by atoms with Crippen molar-refractivity contribution in [2.24, 2.45) is 7.05 Å². The number of carbonyl (C=O) groups is 1. The van der Waals surface area contributed by atoms with Crippen LogP contribution in [0.1, 0.15) is 24.2 Å². The monoisotopic (exact) mass is 466 g/mol. The lowest BCUT2D eigenvalue weighted by molar-refractivity contribution is 0.0488. The zero-order chi connectivity index (χ0) is 24.2. The van der Waals surface area contributed by atoms with Crippen LogP contribution in [-0.2, 0) is 24.9 Å². The number of hydrogen-bond donors (Lipinski definition) is 1. The standard InChI is InChI=1S/C24H30N6O4/c1-17(2)9-12-29-19-20(26-23(29)28-13-10-25-11-14-28)27(3)24(33)30(21(19)31)15-16-34-22(32)18-7-5-4-6-8-18/h4-9,25H,10-16H2,1-3H3. The second-order valence-electron chi connectivity index (χ2n) is 8.51. The summed E-state index contributed by atoms with van der Waals surface area (Å²) in [6.07, 6.45) is 2.03. The van der Waals surface area contributed by atoms with Gasteiger partial charge in [-0.3, -0.25) is 13.9 Å². The molecule has 0 atom stereocenters. The molecule has 10 nitrogen and oxygen atoms in total. The number of nitrogens with zero attached hydrogens (tertiary/aromatic N) is 5. The maximum Gasteiger partial charge on any atom is 0.338 e. The number of aromatic nitrogens is 4. The number of benzene rings is 1. The second-order valence-corrected chi connectivity index (χ2v) is 8.51. The Morgan fingerprint density at radius 3 is 2.50 bits per heavy atom. The van der Waals surface area contributed by atoms with Gasteiger partial charge in [-0.1, -0.05) is 29.8 Å². The van der Waals surface area contributed by atoms with Gasteiger partial charge in [0, 0.05) is 39.8 Å². The third-order valence-electron chi connectivity index (χ3n) is 5.85. The summed E-state index contributed by atoms with van der Waals surface area (Å²) < 4.78 is 9.69. The third kappa shape index (κ3) is 4.67. The van der Waals surface area contributed by atoms with Gasteiger partial charge in [0.2, 0.25) is 5.95 Å². The van der Waals surface area contributed by atoms with Crippen LogP contribution in [0, 0.1) is 0 Å². The number of fused-ring (bicyclic) bond motifs is 1. The number of aryl methyl sites for hydroxylation is 1. The normalized spacial score (nSPS) is 13.8. The molecule has 1 aliphatic rings. The number of rotatable bonds is 7. The molecule has 1 fully saturated rings. The van der Waals surface area contributed by atoms with Crippen molar-refractivity contribution in [3.05, 3.63) is 68.4 Å². The van der Waals surface area contributed by atoms with Crippen LogP contribution in [0.4, 0.5) is 5.95 Å². The number of imidazole rings is 1. The van der Waals surface area contributed by atoms with Gasteiger partial charge in [-0.05, 0) is 26.0 Å². The van der Waals surface area contributed by atoms with Crippen LogP contribution in [-0.4, -0.2) is 57.4 Å². The van der Waals surface area contributed by atoms with E-state index in [0.29, 0.717) is 29.2 Å². The summed E-state index contributed by atoms with van der Waals surface area (Å²) >= 11 is 0. The minimum atomic E-state index is -0.499. The summed E-state index contributed by atoms with van der Waals surface area (Å²) in [5, 5.41) is 3.32. The number of nitrogens with one attached hydrogen (secondary N) is 1. The average molecular weight is 467 g/mol. The minimum absolute atomic E-state index is 0.0448. The first-order valence-electron chi connectivity index (χ1n) is 11.4. The molecule has 0 amide bonds. The van der Waals surface area contributed by atoms with Gasteiger partial charge >= 0.3 is 11.7 Å². The summed E-state index contributed by atoms with van der Waals surface area (Å²) in [5.41, 5.74) is 1.31. The molecule has 180 valence electrons. The average Bonchev–Trinajstić information content (AvgIpc) is 3.24. The fourth-order valence-electron chi connectivity index (χ4n) is 4.00. The molecule has 0 bridgehead atoms. The molecule has 0 spiro atoms. The maximum absolute atomic E-state index is 13.5. The fourth-order valence-corrected chi connectivity index (χ4v) is 4.00. The van der Waals surface area contributed by atoms with Gasteiger partial charge in [-0.2, -0.15) is 4.98 Å². The van der Waals surface area contributed by atoms with Gasteiger partial charge in [0.25, 0.3) is 5.56 Å². The molecule has 0 saturated carbocycles. The largest absolute Gasteiger partial charge is 0.460 e. The number of esters is 1. The van der Waals surface area contributed by atoms with E-state index in [-0.39, 0.29) is 13.2 Å². The fraction of sp³-hybridized carbons (Fsp3) is 0.417. The van der Waals surface area contributed by atoms with Crippen LogP contribution in [0.15, 0.2) is 51.6 Å². The van der Waals surface area contributed by atoms with Crippen LogP contribution in [0.2, 0.25) is 0 Å². The molecule has 1 aromatic carbocycles. The first-order valence-corrected chi connectivity index (χ1v) is 11.4. The molecule has 3 heterocycles. The number of piperazine rings is 1. The Kier molecular flexibility index (Phi) is 6.97. The van der Waals surface area contributed by atoms with Crippen molar-refractivity contribution < 1.29 is 9.53 Å². The Balaban J connectivity index is 1.71. The second kappa shape index (κ2) is 10.1. The highest BCUT2D eigenvalue weighted by molar-refractivity contribution is 5.89. The number of anilines is 1. The topological polar surface area (TPSA) is 103 Å². The summed E-state index contributed by atoms with van der Waals surface area (Å²) in [4.78, 5) is 45.6. The summed E-state index contributed by atoms with van der Waals surface area (Å²) in [7, 11) is 1.61. The summed E-state index contributed by atoms with van der Waals surface area (Å²) in [6.45, 7) is 7.49.